The van der Waals surface area contributed by atoms with Gasteiger partial charge in [0.1, 0.15) is 5.75 Å². The van der Waals surface area contributed by atoms with E-state index in [1.165, 1.54) is 11.1 Å². The molecule has 0 saturated carbocycles. The Hall–Kier alpha value is -1.76. The molecular formula is C16H18O. The Bertz CT molecular complexity index is 497. The van der Waals surface area contributed by atoms with E-state index in [1.807, 2.05) is 12.1 Å². The van der Waals surface area contributed by atoms with Crippen LogP contribution in [0.4, 0.5) is 0 Å². The summed E-state index contributed by atoms with van der Waals surface area (Å²) in [6.07, 6.45) is 2.00. The van der Waals surface area contributed by atoms with E-state index in [-0.39, 0.29) is 0 Å². The van der Waals surface area contributed by atoms with E-state index in [1.54, 1.807) is 0 Å². The molecule has 17 heavy (non-hydrogen) atoms. The third-order valence-electron chi connectivity index (χ3n) is 3.08. The van der Waals surface area contributed by atoms with Crippen LogP contribution in [0, 0.1) is 0 Å². The van der Waals surface area contributed by atoms with E-state index in [0.717, 1.165) is 24.0 Å². The standard InChI is InChI=1S/C16H18O/c1-3-12-5-7-14(8-6-12)15-9-13(4-2)10-16(17)11-15/h5-11,17H,3-4H2,1-2H3. The van der Waals surface area contributed by atoms with Crippen molar-refractivity contribution < 1.29 is 5.11 Å². The zero-order valence-corrected chi connectivity index (χ0v) is 10.4. The van der Waals surface area contributed by atoms with Crippen LogP contribution in [-0.4, -0.2) is 5.11 Å². The zero-order valence-electron chi connectivity index (χ0n) is 10.4. The Morgan fingerprint density at radius 2 is 1.41 bits per heavy atom. The molecule has 0 atom stereocenters. The molecule has 0 spiro atoms. The van der Waals surface area contributed by atoms with Gasteiger partial charge in [0, 0.05) is 0 Å². The molecule has 2 aromatic carbocycles. The smallest absolute Gasteiger partial charge is 0.116 e. The van der Waals surface area contributed by atoms with Gasteiger partial charge in [-0.1, -0.05) is 44.2 Å². The predicted octanol–water partition coefficient (Wildman–Crippen LogP) is 4.18. The van der Waals surface area contributed by atoms with Gasteiger partial charge in [-0.2, -0.15) is 0 Å². The van der Waals surface area contributed by atoms with Crippen LogP contribution < -0.4 is 0 Å². The van der Waals surface area contributed by atoms with Crippen molar-refractivity contribution in [1.29, 1.82) is 0 Å². The first-order valence-electron chi connectivity index (χ1n) is 6.15. The maximum atomic E-state index is 9.69. The average molecular weight is 226 g/mol. The van der Waals surface area contributed by atoms with E-state index >= 15 is 0 Å². The van der Waals surface area contributed by atoms with Crippen molar-refractivity contribution in [2.75, 3.05) is 0 Å². The van der Waals surface area contributed by atoms with Crippen molar-refractivity contribution in [3.8, 4) is 16.9 Å². The Morgan fingerprint density at radius 1 is 0.765 bits per heavy atom. The molecule has 0 bridgehead atoms. The summed E-state index contributed by atoms with van der Waals surface area (Å²) in [6.45, 7) is 4.25. The van der Waals surface area contributed by atoms with Crippen LogP contribution in [0.5, 0.6) is 5.75 Å². The van der Waals surface area contributed by atoms with Gasteiger partial charge in [0.15, 0.2) is 0 Å². The molecule has 0 aliphatic carbocycles. The Balaban J connectivity index is 2.41. The highest BCUT2D eigenvalue weighted by atomic mass is 16.3. The molecular weight excluding hydrogens is 208 g/mol. The first-order chi connectivity index (χ1) is 8.22. The second-order valence-electron chi connectivity index (χ2n) is 4.29. The molecule has 2 aromatic rings. The highest BCUT2D eigenvalue weighted by molar-refractivity contribution is 5.66. The van der Waals surface area contributed by atoms with Crippen LogP contribution >= 0.6 is 0 Å². The molecule has 0 saturated heterocycles. The predicted molar refractivity (Wildman–Crippen MR) is 72.3 cm³/mol. The summed E-state index contributed by atoms with van der Waals surface area (Å²) < 4.78 is 0. The number of hydrogen-bond donors (Lipinski definition) is 1. The second kappa shape index (κ2) is 5.05. The van der Waals surface area contributed by atoms with Crippen molar-refractivity contribution in [3.05, 3.63) is 53.6 Å². The van der Waals surface area contributed by atoms with E-state index in [0.29, 0.717) is 5.75 Å². The van der Waals surface area contributed by atoms with Gasteiger partial charge >= 0.3 is 0 Å². The Morgan fingerprint density at radius 3 is 2.00 bits per heavy atom. The molecule has 0 aliphatic heterocycles. The Kier molecular flexibility index (Phi) is 3.48. The number of phenols is 1. The van der Waals surface area contributed by atoms with Gasteiger partial charge in [-0.05, 0) is 47.2 Å². The third kappa shape index (κ3) is 2.68. The molecule has 1 N–H and O–H groups in total. The highest BCUT2D eigenvalue weighted by Crippen LogP contribution is 2.26. The largest absolute Gasteiger partial charge is 0.508 e. The van der Waals surface area contributed by atoms with E-state index < -0.39 is 0 Å². The highest BCUT2D eigenvalue weighted by Gasteiger charge is 2.02. The number of rotatable bonds is 3. The zero-order chi connectivity index (χ0) is 12.3. The van der Waals surface area contributed by atoms with Gasteiger partial charge in [-0.15, -0.1) is 0 Å². The fourth-order valence-electron chi connectivity index (χ4n) is 1.98. The van der Waals surface area contributed by atoms with Crippen LogP contribution in [0.25, 0.3) is 11.1 Å². The fourth-order valence-corrected chi connectivity index (χ4v) is 1.98. The second-order valence-corrected chi connectivity index (χ2v) is 4.29. The minimum Gasteiger partial charge on any atom is -0.508 e. The lowest BCUT2D eigenvalue weighted by molar-refractivity contribution is 0.475. The summed E-state index contributed by atoms with van der Waals surface area (Å²) in [5.74, 6) is 0.346. The van der Waals surface area contributed by atoms with Crippen LogP contribution in [-0.2, 0) is 12.8 Å². The van der Waals surface area contributed by atoms with E-state index in [2.05, 4.69) is 44.2 Å². The molecule has 1 heteroatoms. The van der Waals surface area contributed by atoms with Crippen LogP contribution in [0.1, 0.15) is 25.0 Å². The van der Waals surface area contributed by atoms with Gasteiger partial charge in [-0.3, -0.25) is 0 Å². The molecule has 88 valence electrons. The lowest BCUT2D eigenvalue weighted by atomic mass is 10.00. The van der Waals surface area contributed by atoms with Gasteiger partial charge in [0.05, 0.1) is 0 Å². The SMILES string of the molecule is CCc1ccc(-c2cc(O)cc(CC)c2)cc1. The topological polar surface area (TPSA) is 20.2 Å². The van der Waals surface area contributed by atoms with Gasteiger partial charge < -0.3 is 5.11 Å². The van der Waals surface area contributed by atoms with Crippen molar-refractivity contribution in [3.63, 3.8) is 0 Å². The van der Waals surface area contributed by atoms with Crippen LogP contribution in [0.15, 0.2) is 42.5 Å². The molecule has 0 unspecified atom stereocenters. The summed E-state index contributed by atoms with van der Waals surface area (Å²) >= 11 is 0. The van der Waals surface area contributed by atoms with E-state index in [4.69, 9.17) is 0 Å². The number of aryl methyl sites for hydroxylation is 2. The maximum absolute atomic E-state index is 9.69. The lowest BCUT2D eigenvalue weighted by Gasteiger charge is -2.06. The van der Waals surface area contributed by atoms with Gasteiger partial charge in [-0.25, -0.2) is 0 Å². The molecule has 1 nitrogen and oxygen atoms in total. The average Bonchev–Trinajstić information content (AvgIpc) is 2.38. The Labute approximate surface area is 103 Å². The number of benzene rings is 2. The molecule has 0 amide bonds. The molecule has 2 rings (SSSR count). The van der Waals surface area contributed by atoms with E-state index in [9.17, 15) is 5.11 Å². The monoisotopic (exact) mass is 226 g/mol. The maximum Gasteiger partial charge on any atom is 0.116 e. The van der Waals surface area contributed by atoms with Crippen molar-refractivity contribution in [1.82, 2.24) is 0 Å². The summed E-state index contributed by atoms with van der Waals surface area (Å²) in [7, 11) is 0. The number of aromatic hydroxyl groups is 1. The molecule has 0 aliphatic rings. The summed E-state index contributed by atoms with van der Waals surface area (Å²) in [4.78, 5) is 0. The summed E-state index contributed by atoms with van der Waals surface area (Å²) in [6, 6.07) is 14.3. The summed E-state index contributed by atoms with van der Waals surface area (Å²) in [5, 5.41) is 9.69. The summed E-state index contributed by atoms with van der Waals surface area (Å²) in [5.41, 5.74) is 4.75. The fraction of sp³-hybridized carbons (Fsp3) is 0.250. The van der Waals surface area contributed by atoms with Gasteiger partial charge in [0.25, 0.3) is 0 Å². The quantitative estimate of drug-likeness (QED) is 0.832. The molecule has 0 radical (unpaired) electrons. The van der Waals surface area contributed by atoms with Crippen LogP contribution in [0.3, 0.4) is 0 Å². The third-order valence-corrected chi connectivity index (χ3v) is 3.08. The number of phenolic OH excluding ortho intramolecular Hbond substituents is 1. The van der Waals surface area contributed by atoms with Crippen molar-refractivity contribution in [2.24, 2.45) is 0 Å². The minimum absolute atomic E-state index is 0.346. The van der Waals surface area contributed by atoms with Crippen molar-refractivity contribution in [2.45, 2.75) is 26.7 Å². The first kappa shape index (κ1) is 11.7. The number of hydrogen-bond acceptors (Lipinski definition) is 1. The normalized spacial score (nSPS) is 10.5. The molecule has 0 aromatic heterocycles. The molecule has 0 heterocycles. The molecule has 0 fully saturated rings. The first-order valence-corrected chi connectivity index (χ1v) is 6.15. The van der Waals surface area contributed by atoms with Crippen LogP contribution in [0.2, 0.25) is 0 Å². The minimum atomic E-state index is 0.346. The van der Waals surface area contributed by atoms with Crippen molar-refractivity contribution >= 4 is 0 Å². The lowest BCUT2D eigenvalue weighted by Crippen LogP contribution is -1.85. The van der Waals surface area contributed by atoms with Gasteiger partial charge in [0.2, 0.25) is 0 Å².